The molecule has 28 heavy (non-hydrogen) atoms. The first-order valence-corrected chi connectivity index (χ1v) is 12.3. The summed E-state index contributed by atoms with van der Waals surface area (Å²) in [6.07, 6.45) is 13.0. The summed E-state index contributed by atoms with van der Waals surface area (Å²) >= 11 is 0. The van der Waals surface area contributed by atoms with Gasteiger partial charge in [0.25, 0.3) is 0 Å². The van der Waals surface area contributed by atoms with Crippen LogP contribution in [0.25, 0.3) is 0 Å². The Bertz CT molecular complexity index is 551. The van der Waals surface area contributed by atoms with E-state index in [1.165, 1.54) is 44.9 Å². The molecule has 0 saturated heterocycles. The van der Waals surface area contributed by atoms with E-state index in [4.69, 9.17) is 5.73 Å². The number of carbonyl (C=O) groups excluding carboxylic acids is 1. The fourth-order valence-electron chi connectivity index (χ4n) is 8.44. The summed E-state index contributed by atoms with van der Waals surface area (Å²) < 4.78 is 14.7. The molecule has 162 valence electrons. The number of fused-ring (bicyclic) bond motifs is 5. The van der Waals surface area contributed by atoms with Gasteiger partial charge in [0.15, 0.2) is 0 Å². The Balaban J connectivity index is 0.00000109. The Labute approximate surface area is 172 Å². The average Bonchev–Trinajstić information content (AvgIpc) is 3.00. The van der Waals surface area contributed by atoms with Crippen LogP contribution in [-0.2, 0) is 4.79 Å². The van der Waals surface area contributed by atoms with E-state index < -0.39 is 6.17 Å². The molecule has 0 aromatic rings. The highest BCUT2D eigenvalue weighted by atomic mass is 19.1. The van der Waals surface area contributed by atoms with Gasteiger partial charge in [0.05, 0.1) is 0 Å². The van der Waals surface area contributed by atoms with Crippen molar-refractivity contribution in [3.63, 3.8) is 0 Å². The largest absolute Gasteiger partial charge is 0.370 e. The Kier molecular flexibility index (Phi) is 6.82. The molecule has 0 radical (unpaired) electrons. The van der Waals surface area contributed by atoms with Gasteiger partial charge in [0.1, 0.15) is 6.17 Å². The summed E-state index contributed by atoms with van der Waals surface area (Å²) in [5, 5.41) is 0. The molecule has 1 amide bonds. The van der Waals surface area contributed by atoms with Crippen LogP contribution in [0.2, 0.25) is 0 Å². The molecule has 3 heteroatoms. The van der Waals surface area contributed by atoms with E-state index in [9.17, 15) is 9.18 Å². The molecule has 4 aliphatic carbocycles. The third kappa shape index (κ3) is 3.65. The zero-order valence-corrected chi connectivity index (χ0v) is 18.8. The van der Waals surface area contributed by atoms with Crippen LogP contribution in [0, 0.1) is 40.4 Å². The number of carbonyl (C=O) groups is 1. The van der Waals surface area contributed by atoms with Crippen LogP contribution in [0.1, 0.15) is 105 Å². The van der Waals surface area contributed by atoms with Gasteiger partial charge in [-0.1, -0.05) is 27.7 Å². The zero-order chi connectivity index (χ0) is 20.5. The standard InChI is InChI=1S/C23H38FNO.C2H6/c1-22-14-12-18-16(9-11-19-20(24)6-4-13-23(18,19)2)17(22)10-8-15(22)5-3-7-21(25)26;1-2/h15-20H,3-14H2,1-2H3,(H2,25,26);1-2H3. The highest BCUT2D eigenvalue weighted by Crippen LogP contribution is 2.68. The van der Waals surface area contributed by atoms with Gasteiger partial charge in [-0.15, -0.1) is 0 Å². The maximum atomic E-state index is 14.7. The van der Waals surface area contributed by atoms with Crippen molar-refractivity contribution >= 4 is 5.91 Å². The third-order valence-corrected chi connectivity index (χ3v) is 9.75. The predicted octanol–water partition coefficient (Wildman–Crippen LogP) is 6.67. The number of alkyl halides is 1. The smallest absolute Gasteiger partial charge is 0.217 e. The van der Waals surface area contributed by atoms with Crippen molar-refractivity contribution in [3.8, 4) is 0 Å². The van der Waals surface area contributed by atoms with Crippen LogP contribution in [-0.4, -0.2) is 12.1 Å². The number of hydrogen-bond donors (Lipinski definition) is 1. The minimum atomic E-state index is -0.548. The van der Waals surface area contributed by atoms with Crippen LogP contribution in [0.3, 0.4) is 0 Å². The topological polar surface area (TPSA) is 43.1 Å². The summed E-state index contributed by atoms with van der Waals surface area (Å²) in [5.41, 5.74) is 6.05. The number of amides is 1. The number of nitrogens with two attached hydrogens (primary N) is 1. The fraction of sp³-hybridized carbons (Fsp3) is 0.960. The third-order valence-electron chi connectivity index (χ3n) is 9.75. The maximum Gasteiger partial charge on any atom is 0.217 e. The molecule has 4 rings (SSSR count). The second kappa shape index (κ2) is 8.64. The quantitative estimate of drug-likeness (QED) is 0.570. The van der Waals surface area contributed by atoms with Crippen molar-refractivity contribution in [1.82, 2.24) is 0 Å². The lowest BCUT2D eigenvalue weighted by Gasteiger charge is -2.61. The maximum absolute atomic E-state index is 14.7. The Hall–Kier alpha value is -0.600. The van der Waals surface area contributed by atoms with Crippen LogP contribution < -0.4 is 5.73 Å². The molecule has 0 spiro atoms. The highest BCUT2D eigenvalue weighted by Gasteiger charge is 2.60. The number of halogens is 1. The fourth-order valence-corrected chi connectivity index (χ4v) is 8.44. The normalized spacial score (nSPS) is 47.2. The number of hydrogen-bond acceptors (Lipinski definition) is 1. The molecule has 4 aliphatic rings. The molecule has 0 aromatic heterocycles. The van der Waals surface area contributed by atoms with Gasteiger partial charge >= 0.3 is 0 Å². The Morgan fingerprint density at radius 3 is 2.32 bits per heavy atom. The van der Waals surface area contributed by atoms with Crippen LogP contribution in [0.5, 0.6) is 0 Å². The van der Waals surface area contributed by atoms with Crippen molar-refractivity contribution < 1.29 is 9.18 Å². The van der Waals surface area contributed by atoms with E-state index in [1.807, 2.05) is 13.8 Å². The van der Waals surface area contributed by atoms with Gasteiger partial charge in [0.2, 0.25) is 5.91 Å². The Morgan fingerprint density at radius 1 is 0.929 bits per heavy atom. The van der Waals surface area contributed by atoms with Crippen LogP contribution in [0.4, 0.5) is 4.39 Å². The second-order valence-electron chi connectivity index (χ2n) is 10.7. The number of primary amides is 1. The van der Waals surface area contributed by atoms with Crippen molar-refractivity contribution in [2.45, 2.75) is 111 Å². The molecular weight excluding hydrogens is 349 g/mol. The van der Waals surface area contributed by atoms with Gasteiger partial charge in [-0.25, -0.2) is 4.39 Å². The second-order valence-corrected chi connectivity index (χ2v) is 10.7. The first kappa shape index (κ1) is 22.1. The first-order valence-electron chi connectivity index (χ1n) is 12.3. The van der Waals surface area contributed by atoms with Crippen LogP contribution >= 0.6 is 0 Å². The Morgan fingerprint density at radius 2 is 1.61 bits per heavy atom. The van der Waals surface area contributed by atoms with E-state index in [-0.39, 0.29) is 11.3 Å². The minimum Gasteiger partial charge on any atom is -0.370 e. The van der Waals surface area contributed by atoms with Gasteiger partial charge in [-0.3, -0.25) is 4.79 Å². The molecule has 0 aromatic carbocycles. The summed E-state index contributed by atoms with van der Waals surface area (Å²) in [6.45, 7) is 8.99. The molecule has 0 heterocycles. The summed E-state index contributed by atoms with van der Waals surface area (Å²) in [6, 6.07) is 0. The van der Waals surface area contributed by atoms with E-state index in [2.05, 4.69) is 13.8 Å². The van der Waals surface area contributed by atoms with Crippen molar-refractivity contribution in [1.29, 1.82) is 0 Å². The summed E-state index contributed by atoms with van der Waals surface area (Å²) in [5.74, 6) is 3.34. The monoisotopic (exact) mass is 393 g/mol. The average molecular weight is 394 g/mol. The van der Waals surface area contributed by atoms with E-state index in [1.54, 1.807) is 0 Å². The van der Waals surface area contributed by atoms with Gasteiger partial charge in [-0.05, 0) is 111 Å². The molecule has 2 nitrogen and oxygen atoms in total. The summed E-state index contributed by atoms with van der Waals surface area (Å²) in [4.78, 5) is 11.1. The highest BCUT2D eigenvalue weighted by molar-refractivity contribution is 5.73. The molecule has 2 N–H and O–H groups in total. The lowest BCUT2D eigenvalue weighted by Crippen LogP contribution is -2.54. The predicted molar refractivity (Wildman–Crippen MR) is 115 cm³/mol. The first-order chi connectivity index (χ1) is 13.4. The molecule has 4 saturated carbocycles. The lowest BCUT2D eigenvalue weighted by molar-refractivity contribution is -0.130. The van der Waals surface area contributed by atoms with Gasteiger partial charge < -0.3 is 5.73 Å². The van der Waals surface area contributed by atoms with Crippen molar-refractivity contribution in [3.05, 3.63) is 0 Å². The zero-order valence-electron chi connectivity index (χ0n) is 18.8. The molecule has 0 bridgehead atoms. The van der Waals surface area contributed by atoms with Gasteiger partial charge in [0, 0.05) is 6.42 Å². The van der Waals surface area contributed by atoms with E-state index >= 15 is 0 Å². The molecular formula is C25H44FNO. The lowest BCUT2D eigenvalue weighted by atomic mass is 9.44. The van der Waals surface area contributed by atoms with E-state index in [0.717, 1.165) is 49.4 Å². The van der Waals surface area contributed by atoms with E-state index in [0.29, 0.717) is 17.8 Å². The minimum absolute atomic E-state index is 0.155. The van der Waals surface area contributed by atoms with Crippen LogP contribution in [0.15, 0.2) is 0 Å². The molecule has 8 unspecified atom stereocenters. The summed E-state index contributed by atoms with van der Waals surface area (Å²) in [7, 11) is 0. The van der Waals surface area contributed by atoms with Crippen molar-refractivity contribution in [2.75, 3.05) is 0 Å². The van der Waals surface area contributed by atoms with Crippen molar-refractivity contribution in [2.24, 2.45) is 46.2 Å². The number of rotatable bonds is 4. The molecule has 0 aliphatic heterocycles. The SMILES string of the molecule is CC.CC12CCC3C(CCC4C(F)CCCC43C)C1CCC2CCCC(N)=O. The molecule has 8 atom stereocenters. The molecule has 4 fully saturated rings. The van der Waals surface area contributed by atoms with Gasteiger partial charge in [-0.2, -0.15) is 0 Å².